The monoisotopic (exact) mass is 917 g/mol. The Morgan fingerprint density at radius 1 is 0.524 bits per heavy atom. The number of esters is 2. The van der Waals surface area contributed by atoms with Gasteiger partial charge in [0.25, 0.3) is 10.1 Å². The van der Waals surface area contributed by atoms with Gasteiger partial charge in [-0.15, -0.1) is 0 Å². The number of hydrogen-bond acceptors (Lipinski definition) is 11. The molecule has 2 unspecified atom stereocenters. The predicted octanol–water partition coefficient (Wildman–Crippen LogP) is 11.2. The maximum atomic E-state index is 12.8. The second kappa shape index (κ2) is 40.4. The van der Waals surface area contributed by atoms with Gasteiger partial charge in [-0.3, -0.25) is 14.1 Å². The van der Waals surface area contributed by atoms with Crippen molar-refractivity contribution in [2.24, 2.45) is 0 Å². The van der Waals surface area contributed by atoms with Crippen molar-refractivity contribution in [3.8, 4) is 0 Å². The number of rotatable bonds is 43. The quantitative estimate of drug-likeness (QED) is 0.0197. The van der Waals surface area contributed by atoms with Crippen molar-refractivity contribution in [3.63, 3.8) is 0 Å². The van der Waals surface area contributed by atoms with Crippen LogP contribution in [0.3, 0.4) is 0 Å². The molecule has 0 spiro atoms. The Labute approximate surface area is 383 Å². The smallest absolute Gasteiger partial charge is 0.306 e. The molecular formula is C50H92O12S. The van der Waals surface area contributed by atoms with Gasteiger partial charge >= 0.3 is 11.9 Å². The minimum Gasteiger partial charge on any atom is -0.462 e. The molecule has 0 bridgehead atoms. The number of unbranched alkanes of at least 4 members (excludes halogenated alkanes) is 27. The summed E-state index contributed by atoms with van der Waals surface area (Å²) in [5, 5.41) is 30.9. The Balaban J connectivity index is 2.37. The maximum absolute atomic E-state index is 12.8. The van der Waals surface area contributed by atoms with E-state index in [4.69, 9.17) is 18.9 Å². The van der Waals surface area contributed by atoms with Crippen molar-refractivity contribution in [1.82, 2.24) is 0 Å². The number of aliphatic hydroxyl groups is 3. The summed E-state index contributed by atoms with van der Waals surface area (Å²) in [4.78, 5) is 25.4. The van der Waals surface area contributed by atoms with Crippen LogP contribution in [0.1, 0.15) is 226 Å². The zero-order valence-electron chi connectivity index (χ0n) is 39.7. The molecule has 0 saturated carbocycles. The van der Waals surface area contributed by atoms with Gasteiger partial charge in [-0.1, -0.05) is 192 Å². The zero-order valence-corrected chi connectivity index (χ0v) is 40.5. The molecule has 1 rings (SSSR count). The summed E-state index contributed by atoms with van der Waals surface area (Å²) in [6, 6.07) is 0. The minimum absolute atomic E-state index is 0.108. The molecule has 63 heavy (non-hydrogen) atoms. The molecule has 1 fully saturated rings. The molecular weight excluding hydrogens is 825 g/mol. The highest BCUT2D eigenvalue weighted by atomic mass is 32.2. The Morgan fingerprint density at radius 2 is 0.937 bits per heavy atom. The molecule has 12 nitrogen and oxygen atoms in total. The highest BCUT2D eigenvalue weighted by Crippen LogP contribution is 2.24. The number of carbonyl (C=O) groups excluding carboxylic acids is 2. The Hall–Kier alpha value is -1.87. The van der Waals surface area contributed by atoms with Crippen LogP contribution in [0.15, 0.2) is 24.3 Å². The lowest BCUT2D eigenvalue weighted by atomic mass is 10.00. The van der Waals surface area contributed by atoms with E-state index in [1.54, 1.807) is 0 Å². The Kier molecular flexibility index (Phi) is 37.9. The maximum Gasteiger partial charge on any atom is 0.306 e. The van der Waals surface area contributed by atoms with Crippen LogP contribution < -0.4 is 0 Å². The third-order valence-electron chi connectivity index (χ3n) is 11.8. The van der Waals surface area contributed by atoms with E-state index in [2.05, 4.69) is 38.2 Å². The molecule has 0 aromatic heterocycles. The largest absolute Gasteiger partial charge is 0.462 e. The van der Waals surface area contributed by atoms with Crippen molar-refractivity contribution in [3.05, 3.63) is 24.3 Å². The van der Waals surface area contributed by atoms with E-state index in [1.165, 1.54) is 141 Å². The first-order chi connectivity index (χ1) is 30.5. The van der Waals surface area contributed by atoms with E-state index >= 15 is 0 Å². The standard InChI is InChI=1S/C50H92O12S/c1-3-5-7-9-11-13-15-17-18-19-20-21-22-23-24-25-26-27-29-31-33-35-37-39-46(52)61-43(41-60-50-49(55)48(54)47(53)44(62-50)42-63(56,57)58)40-59-45(51)38-36-34-32-30-28-16-14-12-10-8-6-4-2/h25-26,31,33,43-44,47-50,53-55H,3-24,27-30,32,34-42H2,1-2H3,(H,56,57,58)/b26-25+,33-31+/t43-,44-,47-,48?,49?,50+/m1/s1. The van der Waals surface area contributed by atoms with Gasteiger partial charge in [-0.25, -0.2) is 0 Å². The fraction of sp³-hybridized carbons (Fsp3) is 0.880. The third-order valence-corrected chi connectivity index (χ3v) is 12.5. The second-order valence-corrected chi connectivity index (χ2v) is 19.3. The zero-order chi connectivity index (χ0) is 46.2. The first-order valence-electron chi connectivity index (χ1n) is 25.4. The van der Waals surface area contributed by atoms with Crippen LogP contribution in [0.4, 0.5) is 0 Å². The molecule has 13 heteroatoms. The molecule has 6 atom stereocenters. The van der Waals surface area contributed by atoms with E-state index < -0.39 is 71.2 Å². The molecule has 1 heterocycles. The number of ether oxygens (including phenoxy) is 4. The van der Waals surface area contributed by atoms with Gasteiger partial charge in [0.15, 0.2) is 12.4 Å². The number of carbonyl (C=O) groups is 2. The molecule has 1 aliphatic heterocycles. The second-order valence-electron chi connectivity index (χ2n) is 17.8. The van der Waals surface area contributed by atoms with Crippen molar-refractivity contribution in [2.45, 2.75) is 263 Å². The van der Waals surface area contributed by atoms with Crippen LogP contribution in [-0.2, 0) is 38.7 Å². The summed E-state index contributed by atoms with van der Waals surface area (Å²) >= 11 is 0. The van der Waals surface area contributed by atoms with Gasteiger partial charge < -0.3 is 34.3 Å². The van der Waals surface area contributed by atoms with Crippen LogP contribution >= 0.6 is 0 Å². The summed E-state index contributed by atoms with van der Waals surface area (Å²) in [5.41, 5.74) is 0. The lowest BCUT2D eigenvalue weighted by Crippen LogP contribution is -2.60. The van der Waals surface area contributed by atoms with Crippen LogP contribution in [0.25, 0.3) is 0 Å². The molecule has 0 aromatic carbocycles. The van der Waals surface area contributed by atoms with Crippen molar-refractivity contribution in [1.29, 1.82) is 0 Å². The van der Waals surface area contributed by atoms with Gasteiger partial charge in [0, 0.05) is 12.8 Å². The first-order valence-corrected chi connectivity index (χ1v) is 27.0. The topological polar surface area (TPSA) is 186 Å². The van der Waals surface area contributed by atoms with Crippen LogP contribution in [0.5, 0.6) is 0 Å². The fourth-order valence-electron chi connectivity index (χ4n) is 7.82. The number of hydrogen-bond donors (Lipinski definition) is 4. The summed E-state index contributed by atoms with van der Waals surface area (Å²) in [7, 11) is -4.61. The molecule has 0 aromatic rings. The molecule has 4 N–H and O–H groups in total. The Bertz CT molecular complexity index is 1260. The van der Waals surface area contributed by atoms with Gasteiger partial charge in [0.05, 0.1) is 6.61 Å². The van der Waals surface area contributed by atoms with Crippen molar-refractivity contribution < 1.29 is 56.8 Å². The molecule has 0 amide bonds. The molecule has 1 saturated heterocycles. The molecule has 1 aliphatic rings. The predicted molar refractivity (Wildman–Crippen MR) is 252 cm³/mol. The molecule has 0 radical (unpaired) electrons. The first kappa shape index (κ1) is 59.1. The number of aliphatic hydroxyl groups excluding tert-OH is 3. The summed E-state index contributed by atoms with van der Waals surface area (Å²) < 4.78 is 54.1. The van der Waals surface area contributed by atoms with E-state index in [0.717, 1.165) is 38.5 Å². The van der Waals surface area contributed by atoms with Gasteiger partial charge in [0.1, 0.15) is 36.8 Å². The van der Waals surface area contributed by atoms with Gasteiger partial charge in [-0.05, 0) is 44.9 Å². The van der Waals surface area contributed by atoms with Gasteiger partial charge in [-0.2, -0.15) is 8.42 Å². The average Bonchev–Trinajstić information content (AvgIpc) is 3.25. The van der Waals surface area contributed by atoms with Crippen molar-refractivity contribution in [2.75, 3.05) is 19.0 Å². The van der Waals surface area contributed by atoms with Gasteiger partial charge in [0.2, 0.25) is 0 Å². The SMILES string of the molecule is CCCCCCCCCCCCCCCC/C=C/CC/C=C/CCCC(=O)O[C@H](COC(=O)CCCCCCCCCCCCCC)CO[C@H]1O[C@H](CS(=O)(=O)O)[C@@H](O)C(O)C1O. The van der Waals surface area contributed by atoms with Crippen LogP contribution in [-0.4, -0.2) is 96.0 Å². The van der Waals surface area contributed by atoms with Crippen molar-refractivity contribution >= 4 is 22.1 Å². The fourth-order valence-corrected chi connectivity index (χ4v) is 8.51. The average molecular weight is 917 g/mol. The molecule has 0 aliphatic carbocycles. The summed E-state index contributed by atoms with van der Waals surface area (Å²) in [6.07, 6.45) is 36.7. The lowest BCUT2D eigenvalue weighted by molar-refractivity contribution is -0.297. The Morgan fingerprint density at radius 3 is 1.41 bits per heavy atom. The molecule has 370 valence electrons. The number of allylic oxidation sites excluding steroid dienone is 4. The summed E-state index contributed by atoms with van der Waals surface area (Å²) in [5.74, 6) is -2.03. The highest BCUT2D eigenvalue weighted by molar-refractivity contribution is 7.85. The van der Waals surface area contributed by atoms with E-state index in [1.807, 2.05) is 0 Å². The van der Waals surface area contributed by atoms with Crippen LogP contribution in [0.2, 0.25) is 0 Å². The lowest BCUT2D eigenvalue weighted by Gasteiger charge is -2.40. The van der Waals surface area contributed by atoms with E-state index in [9.17, 15) is 37.9 Å². The highest BCUT2D eigenvalue weighted by Gasteiger charge is 2.46. The van der Waals surface area contributed by atoms with E-state index in [0.29, 0.717) is 19.3 Å². The minimum atomic E-state index is -4.61. The summed E-state index contributed by atoms with van der Waals surface area (Å²) in [6.45, 7) is 3.75. The normalized spacial score (nSPS) is 19.9. The third kappa shape index (κ3) is 35.1. The van der Waals surface area contributed by atoms with E-state index in [-0.39, 0.29) is 19.4 Å². The van der Waals surface area contributed by atoms with Crippen LogP contribution in [0, 0.1) is 0 Å².